The van der Waals surface area contributed by atoms with Crippen LogP contribution in [0.4, 0.5) is 0 Å². The van der Waals surface area contributed by atoms with Crippen LogP contribution in [0.15, 0.2) is 11.6 Å². The van der Waals surface area contributed by atoms with E-state index < -0.39 is 0 Å². The Bertz CT molecular complexity index is 292. The van der Waals surface area contributed by atoms with E-state index in [1.807, 2.05) is 0 Å². The van der Waals surface area contributed by atoms with Crippen LogP contribution in [0.5, 0.6) is 0 Å². The number of allylic oxidation sites excluding steroid dienone is 1. The van der Waals surface area contributed by atoms with E-state index in [4.69, 9.17) is 0 Å². The molecule has 1 unspecified atom stereocenters. The van der Waals surface area contributed by atoms with Gasteiger partial charge in [-0.3, -0.25) is 0 Å². The molecule has 4 atom stereocenters. The van der Waals surface area contributed by atoms with Crippen LogP contribution in [0.3, 0.4) is 0 Å². The Morgan fingerprint density at radius 2 is 2.06 bits per heavy atom. The summed E-state index contributed by atoms with van der Waals surface area (Å²) in [4.78, 5) is 0. The minimum absolute atomic E-state index is 0.0672. The molecule has 0 spiro atoms. The fraction of sp³-hybridized carbons (Fsp3) is 0.867. The predicted octanol–water partition coefficient (Wildman–Crippen LogP) is 3.78. The second-order valence-corrected chi connectivity index (χ2v) is 6.42. The fourth-order valence-electron chi connectivity index (χ4n) is 3.87. The Balaban J connectivity index is 2.40. The molecular formula is C15H26O. The lowest BCUT2D eigenvalue weighted by Gasteiger charge is -2.48. The Morgan fingerprint density at radius 1 is 1.38 bits per heavy atom. The van der Waals surface area contributed by atoms with Crippen LogP contribution in [0.25, 0.3) is 0 Å². The third-order valence-corrected chi connectivity index (χ3v) is 5.18. The molecule has 1 nitrogen and oxygen atoms in total. The molecule has 1 fully saturated rings. The van der Waals surface area contributed by atoms with E-state index in [0.29, 0.717) is 17.8 Å². The van der Waals surface area contributed by atoms with E-state index >= 15 is 0 Å². The monoisotopic (exact) mass is 222 g/mol. The molecule has 2 aliphatic rings. The van der Waals surface area contributed by atoms with Gasteiger partial charge in [-0.15, -0.1) is 0 Å². The number of rotatable bonds is 1. The number of aliphatic hydroxyl groups excluding tert-OH is 1. The summed E-state index contributed by atoms with van der Waals surface area (Å²) in [6.07, 6.45) is 7.10. The summed E-state index contributed by atoms with van der Waals surface area (Å²) in [6, 6.07) is 0. The third-order valence-electron chi connectivity index (χ3n) is 5.18. The maximum atomic E-state index is 10.7. The van der Waals surface area contributed by atoms with Crippen molar-refractivity contribution in [2.75, 3.05) is 0 Å². The van der Waals surface area contributed by atoms with Crippen LogP contribution in [0.2, 0.25) is 0 Å². The summed E-state index contributed by atoms with van der Waals surface area (Å²) in [5.41, 5.74) is 1.56. The zero-order chi connectivity index (χ0) is 11.9. The van der Waals surface area contributed by atoms with Gasteiger partial charge in [0.2, 0.25) is 0 Å². The van der Waals surface area contributed by atoms with Crippen LogP contribution in [-0.2, 0) is 0 Å². The Labute approximate surface area is 99.9 Å². The van der Waals surface area contributed by atoms with Gasteiger partial charge in [-0.05, 0) is 50.4 Å². The van der Waals surface area contributed by atoms with E-state index in [-0.39, 0.29) is 11.5 Å². The topological polar surface area (TPSA) is 20.2 Å². The van der Waals surface area contributed by atoms with Gasteiger partial charge in [0, 0.05) is 5.41 Å². The van der Waals surface area contributed by atoms with Crippen molar-refractivity contribution in [2.24, 2.45) is 23.2 Å². The van der Waals surface area contributed by atoms with Crippen molar-refractivity contribution in [3.05, 3.63) is 11.6 Å². The molecule has 0 aromatic carbocycles. The van der Waals surface area contributed by atoms with Crippen molar-refractivity contribution in [1.29, 1.82) is 0 Å². The number of aliphatic hydroxyl groups is 1. The lowest BCUT2D eigenvalue weighted by atomic mass is 9.59. The van der Waals surface area contributed by atoms with Crippen LogP contribution < -0.4 is 0 Å². The van der Waals surface area contributed by atoms with Crippen molar-refractivity contribution < 1.29 is 5.11 Å². The first-order valence-electron chi connectivity index (χ1n) is 6.84. The summed E-state index contributed by atoms with van der Waals surface area (Å²) in [5, 5.41) is 10.7. The largest absolute Gasteiger partial charge is 0.392 e. The standard InChI is InChI=1S/C15H26O/c1-10(2)15-8-7-12(4)13(14(15)16)6-5-11(3)9-15/h9-10,12-14,16H,5-8H2,1-4H3/t12-,13?,14-,15-/m1/s1. The first-order valence-corrected chi connectivity index (χ1v) is 6.84. The second kappa shape index (κ2) is 4.18. The Hall–Kier alpha value is -0.300. The number of fused-ring (bicyclic) bond motifs is 2. The first-order chi connectivity index (χ1) is 7.47. The van der Waals surface area contributed by atoms with Crippen LogP contribution >= 0.6 is 0 Å². The molecule has 92 valence electrons. The van der Waals surface area contributed by atoms with Gasteiger partial charge in [0.05, 0.1) is 6.10 Å². The molecule has 1 saturated carbocycles. The van der Waals surface area contributed by atoms with Crippen molar-refractivity contribution in [3.63, 3.8) is 0 Å². The fourth-order valence-corrected chi connectivity index (χ4v) is 3.87. The molecule has 16 heavy (non-hydrogen) atoms. The lowest BCUT2D eigenvalue weighted by molar-refractivity contribution is -0.0703. The molecule has 0 aliphatic heterocycles. The summed E-state index contributed by atoms with van der Waals surface area (Å²) < 4.78 is 0. The zero-order valence-electron chi connectivity index (χ0n) is 11.2. The number of hydrogen-bond donors (Lipinski definition) is 1. The maximum Gasteiger partial charge on any atom is 0.0664 e. The molecule has 1 N–H and O–H groups in total. The highest BCUT2D eigenvalue weighted by Gasteiger charge is 2.48. The summed E-state index contributed by atoms with van der Waals surface area (Å²) >= 11 is 0. The summed E-state index contributed by atoms with van der Waals surface area (Å²) in [5.74, 6) is 1.76. The van der Waals surface area contributed by atoms with Crippen LogP contribution in [0.1, 0.15) is 53.4 Å². The molecule has 0 saturated heterocycles. The smallest absolute Gasteiger partial charge is 0.0664 e. The molecular weight excluding hydrogens is 196 g/mol. The van der Waals surface area contributed by atoms with Gasteiger partial charge >= 0.3 is 0 Å². The predicted molar refractivity (Wildman–Crippen MR) is 68.2 cm³/mol. The first kappa shape index (κ1) is 12.2. The molecule has 0 heterocycles. The molecule has 2 bridgehead atoms. The van der Waals surface area contributed by atoms with Gasteiger partial charge in [0.15, 0.2) is 0 Å². The zero-order valence-corrected chi connectivity index (χ0v) is 11.2. The van der Waals surface area contributed by atoms with Crippen molar-refractivity contribution in [3.8, 4) is 0 Å². The minimum Gasteiger partial charge on any atom is -0.392 e. The molecule has 0 aromatic rings. The van der Waals surface area contributed by atoms with Gasteiger partial charge in [0.1, 0.15) is 0 Å². The normalized spacial score (nSPS) is 44.1. The minimum atomic E-state index is -0.117. The summed E-state index contributed by atoms with van der Waals surface area (Å²) in [7, 11) is 0. The Morgan fingerprint density at radius 3 is 2.69 bits per heavy atom. The van der Waals surface area contributed by atoms with Crippen LogP contribution in [0, 0.1) is 23.2 Å². The van der Waals surface area contributed by atoms with Gasteiger partial charge in [-0.2, -0.15) is 0 Å². The van der Waals surface area contributed by atoms with Crippen molar-refractivity contribution in [2.45, 2.75) is 59.5 Å². The average Bonchev–Trinajstić information content (AvgIpc) is 2.28. The quantitative estimate of drug-likeness (QED) is 0.669. The summed E-state index contributed by atoms with van der Waals surface area (Å²) in [6.45, 7) is 9.09. The van der Waals surface area contributed by atoms with E-state index in [2.05, 4.69) is 33.8 Å². The van der Waals surface area contributed by atoms with Gasteiger partial charge in [0.25, 0.3) is 0 Å². The van der Waals surface area contributed by atoms with E-state index in [1.54, 1.807) is 0 Å². The molecule has 0 radical (unpaired) electrons. The SMILES string of the molecule is CC1=C[C@@]2(C(C)C)CC[C@@H](C)C(CC1)[C@H]2O. The van der Waals surface area contributed by atoms with Gasteiger partial charge in [-0.25, -0.2) is 0 Å². The molecule has 1 heteroatoms. The second-order valence-electron chi connectivity index (χ2n) is 6.42. The van der Waals surface area contributed by atoms with Crippen molar-refractivity contribution in [1.82, 2.24) is 0 Å². The van der Waals surface area contributed by atoms with Gasteiger partial charge < -0.3 is 5.11 Å². The lowest BCUT2D eigenvalue weighted by Crippen LogP contribution is -2.48. The maximum absolute atomic E-state index is 10.7. The highest BCUT2D eigenvalue weighted by Crippen LogP contribution is 2.52. The molecule has 2 rings (SSSR count). The van der Waals surface area contributed by atoms with Crippen LogP contribution in [-0.4, -0.2) is 11.2 Å². The molecule has 0 aromatic heterocycles. The van der Waals surface area contributed by atoms with E-state index in [0.717, 1.165) is 0 Å². The van der Waals surface area contributed by atoms with E-state index in [9.17, 15) is 5.11 Å². The third kappa shape index (κ3) is 1.73. The van der Waals surface area contributed by atoms with Gasteiger partial charge in [-0.1, -0.05) is 32.4 Å². The van der Waals surface area contributed by atoms with Crippen molar-refractivity contribution >= 4 is 0 Å². The molecule has 2 aliphatic carbocycles. The highest BCUT2D eigenvalue weighted by atomic mass is 16.3. The molecule has 0 amide bonds. The van der Waals surface area contributed by atoms with E-state index in [1.165, 1.54) is 31.3 Å². The number of hydrogen-bond acceptors (Lipinski definition) is 1. The Kier molecular flexibility index (Phi) is 3.18. The highest BCUT2D eigenvalue weighted by molar-refractivity contribution is 5.17. The average molecular weight is 222 g/mol.